The second kappa shape index (κ2) is 7.79. The predicted molar refractivity (Wildman–Crippen MR) is 92.6 cm³/mol. The lowest BCUT2D eigenvalue weighted by Crippen LogP contribution is -2.27. The monoisotopic (exact) mass is 367 g/mol. The number of carbonyl (C=O) groups is 1. The van der Waals surface area contributed by atoms with Gasteiger partial charge in [-0.25, -0.2) is 17.9 Å². The summed E-state index contributed by atoms with van der Waals surface area (Å²) >= 11 is 5.93. The molecule has 0 aromatic heterocycles. The molecule has 0 saturated heterocycles. The number of sulfonamides is 1. The molecule has 7 heteroatoms. The molecule has 0 aliphatic carbocycles. The minimum absolute atomic E-state index is 0.0735. The minimum atomic E-state index is -3.72. The number of esters is 1. The number of halogens is 1. The van der Waals surface area contributed by atoms with Crippen LogP contribution in [0.2, 0.25) is 5.02 Å². The molecular formula is C17H18ClNO4S. The molecule has 0 aliphatic heterocycles. The Balaban J connectivity index is 2.16. The third-order valence-electron chi connectivity index (χ3n) is 3.36. The molecule has 1 N–H and O–H groups in total. The normalized spacial score (nSPS) is 12.6. The zero-order chi connectivity index (χ0) is 17.7. The number of nitrogens with one attached hydrogen (secondary N) is 1. The Kier molecular flexibility index (Phi) is 5.99. The van der Waals surface area contributed by atoms with Gasteiger partial charge in [0.25, 0.3) is 0 Å². The van der Waals surface area contributed by atoms with Gasteiger partial charge >= 0.3 is 5.97 Å². The summed E-state index contributed by atoms with van der Waals surface area (Å²) in [4.78, 5) is 11.7. The Morgan fingerprint density at radius 3 is 2.46 bits per heavy atom. The van der Waals surface area contributed by atoms with Gasteiger partial charge in [0.2, 0.25) is 10.0 Å². The van der Waals surface area contributed by atoms with Crippen molar-refractivity contribution in [2.75, 3.05) is 6.61 Å². The van der Waals surface area contributed by atoms with Gasteiger partial charge in [0.1, 0.15) is 0 Å². The summed E-state index contributed by atoms with van der Waals surface area (Å²) in [6.45, 7) is 3.70. The van der Waals surface area contributed by atoms with E-state index < -0.39 is 22.0 Å². The molecule has 5 nitrogen and oxygen atoms in total. The number of hydrogen-bond donors (Lipinski definition) is 1. The van der Waals surface area contributed by atoms with E-state index in [2.05, 4.69) is 4.72 Å². The maximum Gasteiger partial charge on any atom is 0.338 e. The number of rotatable bonds is 6. The van der Waals surface area contributed by atoms with E-state index in [1.54, 1.807) is 38.1 Å². The largest absolute Gasteiger partial charge is 0.462 e. The molecule has 0 saturated carbocycles. The smallest absolute Gasteiger partial charge is 0.338 e. The predicted octanol–water partition coefficient (Wildman–Crippen LogP) is 3.56. The standard InChI is InChI=1S/C17H18ClNO4S/c1-3-23-17(20)13-7-9-16(10-8-13)24(21,22)19-12(2)14-5-4-6-15(18)11-14/h4-12,19H,3H2,1-2H3. The second-order valence-electron chi connectivity index (χ2n) is 5.14. The van der Waals surface area contributed by atoms with Gasteiger partial charge in [0.05, 0.1) is 17.1 Å². The van der Waals surface area contributed by atoms with Crippen molar-refractivity contribution >= 4 is 27.6 Å². The highest BCUT2D eigenvalue weighted by molar-refractivity contribution is 7.89. The van der Waals surface area contributed by atoms with Gasteiger partial charge in [0.15, 0.2) is 0 Å². The molecule has 0 radical (unpaired) electrons. The van der Waals surface area contributed by atoms with E-state index in [9.17, 15) is 13.2 Å². The molecule has 2 aromatic rings. The first-order chi connectivity index (χ1) is 11.3. The summed E-state index contributed by atoms with van der Waals surface area (Å²) in [6, 6.07) is 12.1. The van der Waals surface area contributed by atoms with Crippen molar-refractivity contribution in [3.63, 3.8) is 0 Å². The maximum absolute atomic E-state index is 12.4. The molecule has 24 heavy (non-hydrogen) atoms. The minimum Gasteiger partial charge on any atom is -0.462 e. The highest BCUT2D eigenvalue weighted by atomic mass is 35.5. The molecular weight excluding hydrogens is 350 g/mol. The fourth-order valence-electron chi connectivity index (χ4n) is 2.13. The first kappa shape index (κ1) is 18.4. The molecule has 2 aromatic carbocycles. The molecule has 0 spiro atoms. The maximum atomic E-state index is 12.4. The van der Waals surface area contributed by atoms with E-state index in [0.717, 1.165) is 5.56 Å². The zero-order valence-corrected chi connectivity index (χ0v) is 14.9. The lowest BCUT2D eigenvalue weighted by atomic mass is 10.1. The van der Waals surface area contributed by atoms with Crippen LogP contribution in [-0.4, -0.2) is 21.0 Å². The average Bonchev–Trinajstić information content (AvgIpc) is 2.55. The molecule has 128 valence electrons. The molecule has 1 atom stereocenters. The fraction of sp³-hybridized carbons (Fsp3) is 0.235. The number of ether oxygens (including phenoxy) is 1. The van der Waals surface area contributed by atoms with E-state index in [1.807, 2.05) is 0 Å². The van der Waals surface area contributed by atoms with Crippen LogP contribution in [0.1, 0.15) is 35.8 Å². The summed E-state index contributed by atoms with van der Waals surface area (Å²) in [6.07, 6.45) is 0. The van der Waals surface area contributed by atoms with Crippen molar-refractivity contribution in [2.24, 2.45) is 0 Å². The van der Waals surface area contributed by atoms with Crippen molar-refractivity contribution in [3.8, 4) is 0 Å². The van der Waals surface area contributed by atoms with Crippen LogP contribution in [0.4, 0.5) is 0 Å². The SMILES string of the molecule is CCOC(=O)c1ccc(S(=O)(=O)NC(C)c2cccc(Cl)c2)cc1. The van der Waals surface area contributed by atoms with Gasteiger partial charge in [-0.3, -0.25) is 0 Å². The van der Waals surface area contributed by atoms with E-state index in [4.69, 9.17) is 16.3 Å². The molecule has 0 amide bonds. The van der Waals surface area contributed by atoms with Crippen LogP contribution < -0.4 is 4.72 Å². The summed E-state index contributed by atoms with van der Waals surface area (Å²) in [5.41, 5.74) is 1.06. The van der Waals surface area contributed by atoms with E-state index >= 15 is 0 Å². The van der Waals surface area contributed by atoms with Crippen LogP contribution in [0.3, 0.4) is 0 Å². The summed E-state index contributed by atoms with van der Waals surface area (Å²) < 4.78 is 32.4. The van der Waals surface area contributed by atoms with Gasteiger partial charge in [0, 0.05) is 11.1 Å². The van der Waals surface area contributed by atoms with Crippen molar-refractivity contribution in [2.45, 2.75) is 24.8 Å². The molecule has 2 rings (SSSR count). The summed E-state index contributed by atoms with van der Waals surface area (Å²) in [5.74, 6) is -0.485. The highest BCUT2D eigenvalue weighted by Gasteiger charge is 2.19. The first-order valence-corrected chi connectivity index (χ1v) is 9.24. The van der Waals surface area contributed by atoms with Crippen molar-refractivity contribution in [1.82, 2.24) is 4.72 Å². The summed E-state index contributed by atoms with van der Waals surface area (Å²) in [5, 5.41) is 0.539. The van der Waals surface area contributed by atoms with Gasteiger partial charge in [-0.1, -0.05) is 23.7 Å². The molecule has 1 unspecified atom stereocenters. The van der Waals surface area contributed by atoms with E-state index in [-0.39, 0.29) is 11.5 Å². The average molecular weight is 368 g/mol. The van der Waals surface area contributed by atoms with Crippen molar-refractivity contribution in [3.05, 3.63) is 64.7 Å². The van der Waals surface area contributed by atoms with Crippen LogP contribution in [-0.2, 0) is 14.8 Å². The molecule has 0 aliphatic rings. The Labute approximate surface area is 146 Å². The third-order valence-corrected chi connectivity index (χ3v) is 5.15. The van der Waals surface area contributed by atoms with Crippen LogP contribution in [0.5, 0.6) is 0 Å². The topological polar surface area (TPSA) is 72.5 Å². The Bertz CT molecular complexity index is 819. The van der Waals surface area contributed by atoms with Gasteiger partial charge < -0.3 is 4.74 Å². The third kappa shape index (κ3) is 4.56. The Morgan fingerprint density at radius 2 is 1.88 bits per heavy atom. The summed E-state index contributed by atoms with van der Waals surface area (Å²) in [7, 11) is -3.72. The lowest BCUT2D eigenvalue weighted by molar-refractivity contribution is 0.0526. The Hall–Kier alpha value is -1.89. The van der Waals surface area contributed by atoms with Crippen LogP contribution in [0, 0.1) is 0 Å². The van der Waals surface area contributed by atoms with E-state index in [1.165, 1.54) is 24.3 Å². The molecule has 0 bridgehead atoms. The van der Waals surface area contributed by atoms with Crippen LogP contribution in [0.25, 0.3) is 0 Å². The quantitative estimate of drug-likeness (QED) is 0.792. The van der Waals surface area contributed by atoms with Gasteiger partial charge in [-0.2, -0.15) is 0 Å². The number of benzene rings is 2. The number of hydrogen-bond acceptors (Lipinski definition) is 4. The lowest BCUT2D eigenvalue weighted by Gasteiger charge is -2.15. The Morgan fingerprint density at radius 1 is 1.21 bits per heavy atom. The fourth-order valence-corrected chi connectivity index (χ4v) is 3.56. The molecule has 0 fully saturated rings. The van der Waals surface area contributed by atoms with Crippen molar-refractivity contribution in [1.29, 1.82) is 0 Å². The highest BCUT2D eigenvalue weighted by Crippen LogP contribution is 2.20. The second-order valence-corrected chi connectivity index (χ2v) is 7.29. The van der Waals surface area contributed by atoms with Crippen molar-refractivity contribution < 1.29 is 17.9 Å². The van der Waals surface area contributed by atoms with Crippen LogP contribution in [0.15, 0.2) is 53.4 Å². The first-order valence-electron chi connectivity index (χ1n) is 7.38. The number of carbonyl (C=O) groups excluding carboxylic acids is 1. The van der Waals surface area contributed by atoms with Gasteiger partial charge in [-0.05, 0) is 55.8 Å². The molecule has 0 heterocycles. The van der Waals surface area contributed by atoms with E-state index in [0.29, 0.717) is 10.6 Å². The van der Waals surface area contributed by atoms with Crippen LogP contribution >= 0.6 is 11.6 Å². The van der Waals surface area contributed by atoms with Gasteiger partial charge in [-0.15, -0.1) is 0 Å². The zero-order valence-electron chi connectivity index (χ0n) is 13.3.